The van der Waals surface area contributed by atoms with E-state index in [0.717, 1.165) is 11.0 Å². The molecule has 3 heteroatoms. The van der Waals surface area contributed by atoms with Crippen LogP contribution in [0.1, 0.15) is 0 Å². The summed E-state index contributed by atoms with van der Waals surface area (Å²) in [5.41, 5.74) is 2.09. The zero-order chi connectivity index (χ0) is 7.68. The minimum Gasteiger partial charge on any atom is -0.340 e. The first-order valence-corrected chi connectivity index (χ1v) is 3.52. The van der Waals surface area contributed by atoms with Crippen LogP contribution in [0.5, 0.6) is 0 Å². The molecule has 0 aliphatic carbocycles. The lowest BCUT2D eigenvalue weighted by atomic mass is 10.1. The molecule has 0 atom stereocenters. The number of hydrogen-bond donors (Lipinski definition) is 0. The topological polar surface area (TPSA) is 17.8 Å². The first-order chi connectivity index (χ1) is 5.42. The first-order valence-electron chi connectivity index (χ1n) is 3.52. The standard InChI is InChI=1S/C8H7BN2/c9-5-11-6-10-7-3-1-2-4-8(7)11/h1-4,6H,5H2. The number of benzene rings is 1. The van der Waals surface area contributed by atoms with Gasteiger partial charge in [-0.2, -0.15) is 0 Å². The Kier molecular flexibility index (Phi) is 1.42. The van der Waals surface area contributed by atoms with Crippen LogP contribution in [-0.2, 0) is 6.44 Å². The Morgan fingerprint density at radius 3 is 3.00 bits per heavy atom. The van der Waals surface area contributed by atoms with Gasteiger partial charge in [0.2, 0.25) is 0 Å². The fourth-order valence-corrected chi connectivity index (χ4v) is 1.16. The molecule has 2 aromatic rings. The van der Waals surface area contributed by atoms with Crippen LogP contribution < -0.4 is 0 Å². The van der Waals surface area contributed by atoms with Crippen molar-refractivity contribution in [2.24, 2.45) is 0 Å². The molecule has 0 fully saturated rings. The lowest BCUT2D eigenvalue weighted by Gasteiger charge is -1.96. The van der Waals surface area contributed by atoms with Crippen LogP contribution >= 0.6 is 0 Å². The molecule has 2 radical (unpaired) electrons. The van der Waals surface area contributed by atoms with Crippen LogP contribution in [0.25, 0.3) is 11.0 Å². The van der Waals surface area contributed by atoms with Gasteiger partial charge in [0.15, 0.2) is 0 Å². The van der Waals surface area contributed by atoms with Crippen molar-refractivity contribution in [1.29, 1.82) is 0 Å². The van der Waals surface area contributed by atoms with E-state index in [4.69, 9.17) is 7.85 Å². The SMILES string of the molecule is [B]Cn1cnc2ccccc21. The third kappa shape index (κ3) is 0.927. The van der Waals surface area contributed by atoms with Crippen LogP contribution in [-0.4, -0.2) is 17.4 Å². The summed E-state index contributed by atoms with van der Waals surface area (Å²) in [7, 11) is 5.48. The van der Waals surface area contributed by atoms with Gasteiger partial charge in [-0.15, -0.1) is 0 Å². The van der Waals surface area contributed by atoms with Crippen molar-refractivity contribution in [2.45, 2.75) is 6.44 Å². The zero-order valence-electron chi connectivity index (χ0n) is 6.07. The van der Waals surface area contributed by atoms with E-state index in [0.29, 0.717) is 6.44 Å². The molecular weight excluding hydrogens is 135 g/mol. The van der Waals surface area contributed by atoms with E-state index >= 15 is 0 Å². The fraction of sp³-hybridized carbons (Fsp3) is 0.125. The maximum atomic E-state index is 5.48. The van der Waals surface area contributed by atoms with Crippen LogP contribution in [0.3, 0.4) is 0 Å². The van der Waals surface area contributed by atoms with Gasteiger partial charge >= 0.3 is 0 Å². The maximum Gasteiger partial charge on any atom is 0.0951 e. The summed E-state index contributed by atoms with van der Waals surface area (Å²) in [6.45, 7) is 0. The Hall–Kier alpha value is -1.25. The molecule has 0 N–H and O–H groups in total. The van der Waals surface area contributed by atoms with Crippen LogP contribution in [0.4, 0.5) is 0 Å². The van der Waals surface area contributed by atoms with E-state index in [2.05, 4.69) is 4.98 Å². The van der Waals surface area contributed by atoms with Gasteiger partial charge in [-0.25, -0.2) is 4.98 Å². The van der Waals surface area contributed by atoms with Gasteiger partial charge in [0, 0.05) is 0 Å². The number of nitrogens with zero attached hydrogens (tertiary/aromatic N) is 2. The summed E-state index contributed by atoms with van der Waals surface area (Å²) in [5.74, 6) is 0. The molecular formula is C8H7BN2. The molecule has 52 valence electrons. The minimum atomic E-state index is 0.487. The van der Waals surface area contributed by atoms with Gasteiger partial charge in [-0.05, 0) is 18.6 Å². The molecule has 0 saturated heterocycles. The molecule has 0 saturated carbocycles. The molecule has 1 aromatic heterocycles. The predicted octanol–water partition coefficient (Wildman–Crippen LogP) is 1.16. The van der Waals surface area contributed by atoms with Gasteiger partial charge in [0.05, 0.1) is 25.2 Å². The summed E-state index contributed by atoms with van der Waals surface area (Å²) in [6, 6.07) is 7.93. The zero-order valence-corrected chi connectivity index (χ0v) is 6.07. The highest BCUT2D eigenvalue weighted by Crippen LogP contribution is 2.10. The fourth-order valence-electron chi connectivity index (χ4n) is 1.16. The second kappa shape index (κ2) is 2.42. The van der Waals surface area contributed by atoms with Gasteiger partial charge in [-0.3, -0.25) is 0 Å². The third-order valence-corrected chi connectivity index (χ3v) is 1.72. The summed E-state index contributed by atoms with van der Waals surface area (Å²) in [4.78, 5) is 4.17. The highest BCUT2D eigenvalue weighted by Gasteiger charge is 1.96. The third-order valence-electron chi connectivity index (χ3n) is 1.72. The Morgan fingerprint density at radius 2 is 2.18 bits per heavy atom. The minimum absolute atomic E-state index is 0.487. The number of para-hydroxylation sites is 2. The lowest BCUT2D eigenvalue weighted by molar-refractivity contribution is 0.912. The highest BCUT2D eigenvalue weighted by molar-refractivity contribution is 6.07. The molecule has 11 heavy (non-hydrogen) atoms. The summed E-state index contributed by atoms with van der Waals surface area (Å²) in [6.07, 6.45) is 2.24. The van der Waals surface area contributed by atoms with Crippen molar-refractivity contribution in [1.82, 2.24) is 9.55 Å². The molecule has 2 nitrogen and oxygen atoms in total. The number of rotatable bonds is 1. The Bertz CT molecular complexity index is 367. The largest absolute Gasteiger partial charge is 0.340 e. The van der Waals surface area contributed by atoms with E-state index in [1.165, 1.54) is 0 Å². The van der Waals surface area contributed by atoms with Crippen molar-refractivity contribution in [2.75, 3.05) is 0 Å². The first kappa shape index (κ1) is 6.46. The summed E-state index contributed by atoms with van der Waals surface area (Å²) in [5, 5.41) is 0. The summed E-state index contributed by atoms with van der Waals surface area (Å²) < 4.78 is 1.91. The summed E-state index contributed by atoms with van der Waals surface area (Å²) >= 11 is 0. The van der Waals surface area contributed by atoms with Gasteiger partial charge in [0.25, 0.3) is 0 Å². The number of aromatic nitrogens is 2. The normalized spacial score (nSPS) is 10.5. The van der Waals surface area contributed by atoms with Crippen molar-refractivity contribution in [3.63, 3.8) is 0 Å². The van der Waals surface area contributed by atoms with Gasteiger partial charge in [0.1, 0.15) is 0 Å². The Balaban J connectivity index is 2.76. The monoisotopic (exact) mass is 142 g/mol. The van der Waals surface area contributed by atoms with Gasteiger partial charge in [-0.1, -0.05) is 12.1 Å². The second-order valence-corrected chi connectivity index (χ2v) is 2.39. The maximum absolute atomic E-state index is 5.48. The van der Waals surface area contributed by atoms with E-state index < -0.39 is 0 Å². The van der Waals surface area contributed by atoms with Crippen molar-refractivity contribution >= 4 is 18.9 Å². The highest BCUT2D eigenvalue weighted by atomic mass is 15.0. The van der Waals surface area contributed by atoms with E-state index in [9.17, 15) is 0 Å². The van der Waals surface area contributed by atoms with E-state index in [1.54, 1.807) is 6.33 Å². The van der Waals surface area contributed by atoms with E-state index in [1.807, 2.05) is 28.8 Å². The van der Waals surface area contributed by atoms with Crippen molar-refractivity contribution < 1.29 is 0 Å². The molecule has 0 unspecified atom stereocenters. The predicted molar refractivity (Wildman–Crippen MR) is 45.5 cm³/mol. The quantitative estimate of drug-likeness (QED) is 0.546. The molecule has 0 aliphatic rings. The van der Waals surface area contributed by atoms with E-state index in [-0.39, 0.29) is 0 Å². The smallest absolute Gasteiger partial charge is 0.0951 e. The second-order valence-electron chi connectivity index (χ2n) is 2.39. The average Bonchev–Trinajstić information content (AvgIpc) is 2.47. The molecule has 2 rings (SSSR count). The molecule has 0 spiro atoms. The molecule has 1 aromatic carbocycles. The number of imidazole rings is 1. The molecule has 0 aliphatic heterocycles. The van der Waals surface area contributed by atoms with Crippen LogP contribution in [0.2, 0.25) is 0 Å². The van der Waals surface area contributed by atoms with Gasteiger partial charge < -0.3 is 4.57 Å². The molecule has 0 bridgehead atoms. The Morgan fingerprint density at radius 1 is 1.36 bits per heavy atom. The van der Waals surface area contributed by atoms with Crippen LogP contribution in [0.15, 0.2) is 30.6 Å². The number of fused-ring (bicyclic) bond motifs is 1. The molecule has 1 heterocycles. The molecule has 0 amide bonds. The van der Waals surface area contributed by atoms with Crippen LogP contribution in [0, 0.1) is 0 Å². The average molecular weight is 142 g/mol. The number of hydrogen-bond acceptors (Lipinski definition) is 1. The van der Waals surface area contributed by atoms with Crippen molar-refractivity contribution in [3.05, 3.63) is 30.6 Å². The van der Waals surface area contributed by atoms with Crippen molar-refractivity contribution in [3.8, 4) is 0 Å². The Labute approximate surface area is 66.3 Å². The lowest BCUT2D eigenvalue weighted by Crippen LogP contribution is -1.93.